The van der Waals surface area contributed by atoms with Gasteiger partial charge in [0, 0.05) is 36.5 Å². The van der Waals surface area contributed by atoms with E-state index in [1.54, 1.807) is 6.20 Å². The van der Waals surface area contributed by atoms with Crippen molar-refractivity contribution in [3.8, 4) is 0 Å². The molecule has 12 N–H and O–H groups in total. The molecule has 2 rings (SSSR count). The van der Waals surface area contributed by atoms with Crippen molar-refractivity contribution in [1.82, 2.24) is 20.9 Å². The normalized spacial score (nSPS) is 13.8. The van der Waals surface area contributed by atoms with Crippen molar-refractivity contribution in [3.63, 3.8) is 0 Å². The molecular formula is C25H36N8O7. The number of aliphatic imine (C=N–C) groups is 1. The summed E-state index contributed by atoms with van der Waals surface area (Å²) in [6.07, 6.45) is 1.56. The Labute approximate surface area is 229 Å². The van der Waals surface area contributed by atoms with Crippen LogP contribution in [-0.4, -0.2) is 81.5 Å². The van der Waals surface area contributed by atoms with Gasteiger partial charge in [0.25, 0.3) is 0 Å². The summed E-state index contributed by atoms with van der Waals surface area (Å²) in [5.41, 5.74) is 18.0. The number of aliphatic carboxylic acids is 2. The Kier molecular flexibility index (Phi) is 11.9. The third-order valence-corrected chi connectivity index (χ3v) is 6.05. The fraction of sp³-hybridized carbons (Fsp3) is 0.440. The van der Waals surface area contributed by atoms with Gasteiger partial charge in [-0.05, 0) is 37.8 Å². The number of aromatic nitrogens is 1. The zero-order valence-corrected chi connectivity index (χ0v) is 22.1. The van der Waals surface area contributed by atoms with Crippen LogP contribution in [0, 0.1) is 0 Å². The average Bonchev–Trinajstić information content (AvgIpc) is 3.30. The molecule has 218 valence electrons. The van der Waals surface area contributed by atoms with E-state index >= 15 is 0 Å². The maximum absolute atomic E-state index is 13.5. The van der Waals surface area contributed by atoms with Crippen molar-refractivity contribution in [2.75, 3.05) is 6.54 Å². The second-order valence-corrected chi connectivity index (χ2v) is 9.24. The van der Waals surface area contributed by atoms with Gasteiger partial charge in [0.15, 0.2) is 5.96 Å². The number of carboxylic acid groups (broad SMARTS) is 2. The summed E-state index contributed by atoms with van der Waals surface area (Å²) >= 11 is 0. The molecule has 0 aliphatic rings. The third-order valence-electron chi connectivity index (χ3n) is 6.05. The Morgan fingerprint density at radius 2 is 1.60 bits per heavy atom. The van der Waals surface area contributed by atoms with Gasteiger partial charge < -0.3 is 48.3 Å². The van der Waals surface area contributed by atoms with Crippen LogP contribution in [0.4, 0.5) is 0 Å². The first-order chi connectivity index (χ1) is 18.9. The minimum atomic E-state index is -1.27. The monoisotopic (exact) mass is 560 g/mol. The Bertz CT molecular complexity index is 1240. The summed E-state index contributed by atoms with van der Waals surface area (Å²) < 4.78 is 0. The molecule has 2 aromatic rings. The molecule has 4 atom stereocenters. The lowest BCUT2D eigenvalue weighted by Crippen LogP contribution is -2.57. The highest BCUT2D eigenvalue weighted by molar-refractivity contribution is 5.95. The molecule has 1 heterocycles. The van der Waals surface area contributed by atoms with E-state index in [0.717, 1.165) is 10.9 Å². The maximum Gasteiger partial charge on any atom is 0.325 e. The second kappa shape index (κ2) is 15.1. The highest BCUT2D eigenvalue weighted by Gasteiger charge is 2.30. The van der Waals surface area contributed by atoms with Gasteiger partial charge >= 0.3 is 11.9 Å². The Balaban J connectivity index is 2.28. The molecule has 40 heavy (non-hydrogen) atoms. The molecule has 1 aromatic carbocycles. The highest BCUT2D eigenvalue weighted by atomic mass is 16.4. The average molecular weight is 561 g/mol. The van der Waals surface area contributed by atoms with Crippen molar-refractivity contribution in [3.05, 3.63) is 36.0 Å². The number of hydrogen-bond donors (Lipinski definition) is 9. The van der Waals surface area contributed by atoms with Crippen molar-refractivity contribution >= 4 is 46.5 Å². The van der Waals surface area contributed by atoms with Crippen molar-refractivity contribution in [2.24, 2.45) is 22.2 Å². The number of carbonyl (C=O) groups is 5. The number of rotatable bonds is 16. The summed E-state index contributed by atoms with van der Waals surface area (Å²) in [5, 5.41) is 26.4. The van der Waals surface area contributed by atoms with E-state index in [0.29, 0.717) is 5.56 Å². The first-order valence-electron chi connectivity index (χ1n) is 12.6. The fourth-order valence-electron chi connectivity index (χ4n) is 3.84. The molecule has 0 saturated heterocycles. The first-order valence-corrected chi connectivity index (χ1v) is 12.6. The fourth-order valence-corrected chi connectivity index (χ4v) is 3.84. The van der Waals surface area contributed by atoms with E-state index in [2.05, 4.69) is 25.9 Å². The molecule has 0 saturated carbocycles. The van der Waals surface area contributed by atoms with Crippen LogP contribution in [0.15, 0.2) is 35.5 Å². The number of H-pyrrole nitrogens is 1. The van der Waals surface area contributed by atoms with Crippen LogP contribution >= 0.6 is 0 Å². The van der Waals surface area contributed by atoms with Gasteiger partial charge in [-0.3, -0.25) is 29.0 Å². The number of amides is 3. The number of carbonyl (C=O) groups excluding carboxylic acids is 3. The molecule has 0 aliphatic heterocycles. The molecule has 0 spiro atoms. The molecule has 15 heteroatoms. The maximum atomic E-state index is 13.5. The molecule has 1 aromatic heterocycles. The predicted octanol–water partition coefficient (Wildman–Crippen LogP) is -1.48. The van der Waals surface area contributed by atoms with Crippen molar-refractivity contribution < 1.29 is 34.2 Å². The molecule has 0 radical (unpaired) electrons. The molecule has 4 unspecified atom stereocenters. The summed E-state index contributed by atoms with van der Waals surface area (Å²) in [7, 11) is 0. The highest BCUT2D eigenvalue weighted by Crippen LogP contribution is 2.19. The first kappa shape index (κ1) is 31.6. The Morgan fingerprint density at radius 1 is 0.950 bits per heavy atom. The van der Waals surface area contributed by atoms with E-state index < -0.39 is 53.8 Å². The van der Waals surface area contributed by atoms with Crippen molar-refractivity contribution in [2.45, 2.75) is 63.2 Å². The van der Waals surface area contributed by atoms with E-state index in [9.17, 15) is 29.1 Å². The van der Waals surface area contributed by atoms with Crippen LogP contribution in [0.25, 0.3) is 10.9 Å². The summed E-state index contributed by atoms with van der Waals surface area (Å²) in [6.45, 7) is 1.43. The van der Waals surface area contributed by atoms with Crippen LogP contribution in [0.2, 0.25) is 0 Å². The quantitative estimate of drug-likeness (QED) is 0.0652. The van der Waals surface area contributed by atoms with Crippen LogP contribution < -0.4 is 33.2 Å². The number of para-hydroxylation sites is 1. The number of nitrogens with zero attached hydrogens (tertiary/aromatic N) is 1. The van der Waals surface area contributed by atoms with E-state index in [4.69, 9.17) is 22.3 Å². The minimum absolute atomic E-state index is 0.0150. The summed E-state index contributed by atoms with van der Waals surface area (Å²) in [4.78, 5) is 68.2. The van der Waals surface area contributed by atoms with Gasteiger partial charge in [0.1, 0.15) is 18.1 Å². The van der Waals surface area contributed by atoms with Crippen molar-refractivity contribution in [1.29, 1.82) is 0 Å². The molecule has 0 aliphatic carbocycles. The number of guanidine groups is 1. The smallest absolute Gasteiger partial charge is 0.325 e. The SMILES string of the molecule is CC(NC(=O)C(CCCN=C(N)N)NC(=O)C(Cc1c[nH]c2ccccc12)NC(=O)C(N)CCC(=O)O)C(=O)O. The molecule has 0 fully saturated rings. The van der Waals surface area contributed by atoms with Gasteiger partial charge in [-0.2, -0.15) is 0 Å². The number of benzene rings is 1. The lowest BCUT2D eigenvalue weighted by atomic mass is 10.0. The van der Waals surface area contributed by atoms with Gasteiger partial charge in [-0.15, -0.1) is 0 Å². The Morgan fingerprint density at radius 3 is 2.25 bits per heavy atom. The summed E-state index contributed by atoms with van der Waals surface area (Å²) in [5.74, 6) is -4.75. The zero-order valence-electron chi connectivity index (χ0n) is 22.1. The standard InChI is InChI=1S/C25H36N8O7/c1-13(24(39)40)31-22(37)18(7-4-10-29-25(27)28)32-23(38)19(33-21(36)16(26)8-9-20(34)35)11-14-12-30-17-6-3-2-5-15(14)17/h2-3,5-6,12-13,16,18-19,30H,4,7-11,26H2,1H3,(H,31,37)(H,32,38)(H,33,36)(H,34,35)(H,39,40)(H4,27,28,29). The number of aromatic amines is 1. The minimum Gasteiger partial charge on any atom is -0.481 e. The Hall–Kier alpha value is -4.66. The molecule has 15 nitrogen and oxygen atoms in total. The number of carboxylic acids is 2. The molecule has 3 amide bonds. The topological polar surface area (TPSA) is 268 Å². The van der Waals surface area contributed by atoms with Gasteiger partial charge in [-0.1, -0.05) is 18.2 Å². The lowest BCUT2D eigenvalue weighted by Gasteiger charge is -2.24. The van der Waals surface area contributed by atoms with E-state index in [1.807, 2.05) is 24.3 Å². The van der Waals surface area contributed by atoms with Crippen LogP contribution in [-0.2, 0) is 30.4 Å². The van der Waals surface area contributed by atoms with E-state index in [1.165, 1.54) is 6.92 Å². The predicted molar refractivity (Wildman–Crippen MR) is 146 cm³/mol. The van der Waals surface area contributed by atoms with Gasteiger partial charge in [0.2, 0.25) is 17.7 Å². The number of hydrogen-bond acceptors (Lipinski definition) is 7. The summed E-state index contributed by atoms with van der Waals surface area (Å²) in [6, 6.07) is 2.54. The van der Waals surface area contributed by atoms with Crippen LogP contribution in [0.1, 0.15) is 38.2 Å². The number of nitrogens with one attached hydrogen (secondary N) is 4. The van der Waals surface area contributed by atoms with Gasteiger partial charge in [-0.25, -0.2) is 0 Å². The number of fused-ring (bicyclic) bond motifs is 1. The molecular weight excluding hydrogens is 524 g/mol. The zero-order chi connectivity index (χ0) is 29.8. The number of nitrogens with two attached hydrogens (primary N) is 3. The van der Waals surface area contributed by atoms with Crippen LogP contribution in [0.3, 0.4) is 0 Å². The lowest BCUT2D eigenvalue weighted by molar-refractivity contribution is -0.142. The van der Waals surface area contributed by atoms with E-state index in [-0.39, 0.29) is 44.6 Å². The second-order valence-electron chi connectivity index (χ2n) is 9.24. The van der Waals surface area contributed by atoms with Crippen LogP contribution in [0.5, 0.6) is 0 Å². The molecule has 0 bridgehead atoms. The third kappa shape index (κ3) is 9.90. The largest absolute Gasteiger partial charge is 0.481 e. The van der Waals surface area contributed by atoms with Gasteiger partial charge in [0.05, 0.1) is 6.04 Å².